The molecule has 0 spiro atoms. The van der Waals surface area contributed by atoms with Crippen molar-refractivity contribution in [1.82, 2.24) is 4.57 Å². The summed E-state index contributed by atoms with van der Waals surface area (Å²) in [7, 11) is 2.74. The molecule has 5 N–H and O–H groups in total. The van der Waals surface area contributed by atoms with Gasteiger partial charge in [0.25, 0.3) is 11.5 Å². The number of anilines is 1. The predicted octanol–water partition coefficient (Wildman–Crippen LogP) is 2.54. The van der Waals surface area contributed by atoms with E-state index in [0.29, 0.717) is 11.1 Å². The molecule has 10 nitrogen and oxygen atoms in total. The molecule has 1 aliphatic heterocycles. The number of methoxy groups -OCH3 is 2. The van der Waals surface area contributed by atoms with Gasteiger partial charge in [-0.25, -0.2) is 4.39 Å². The molecular formula is C30H23FN4O6S. The van der Waals surface area contributed by atoms with E-state index in [4.69, 9.17) is 15.2 Å². The van der Waals surface area contributed by atoms with E-state index in [1.807, 2.05) is 6.07 Å². The van der Waals surface area contributed by atoms with E-state index in [1.54, 1.807) is 12.1 Å². The third-order valence-electron chi connectivity index (χ3n) is 6.67. The number of nitrogens with zero attached hydrogens (tertiary/aromatic N) is 2. The first-order valence-corrected chi connectivity index (χ1v) is 13.2. The van der Waals surface area contributed by atoms with Crippen LogP contribution in [0, 0.1) is 17.1 Å². The van der Waals surface area contributed by atoms with E-state index in [9.17, 15) is 29.5 Å². The van der Waals surface area contributed by atoms with E-state index >= 15 is 0 Å². The van der Waals surface area contributed by atoms with Crippen molar-refractivity contribution in [3.05, 3.63) is 103 Å². The molecule has 0 saturated carbocycles. The fourth-order valence-electron chi connectivity index (χ4n) is 4.66. The van der Waals surface area contributed by atoms with Crippen LogP contribution in [0.1, 0.15) is 17.0 Å². The molecule has 0 fully saturated rings. The summed E-state index contributed by atoms with van der Waals surface area (Å²) in [6.07, 6.45) is 1.53. The number of phenols is 2. The molecule has 0 bridgehead atoms. The fraction of sp³-hybridized carbons (Fsp3) is 0.100. The van der Waals surface area contributed by atoms with Crippen LogP contribution in [0.3, 0.4) is 0 Å². The summed E-state index contributed by atoms with van der Waals surface area (Å²) in [5.74, 6) is -2.72. The number of hydrogen-bond acceptors (Lipinski definition) is 9. The molecule has 0 aliphatic carbocycles. The first-order valence-electron chi connectivity index (χ1n) is 12.4. The average molecular weight is 587 g/mol. The van der Waals surface area contributed by atoms with Gasteiger partial charge in [-0.15, -0.1) is 11.3 Å². The van der Waals surface area contributed by atoms with Gasteiger partial charge in [-0.1, -0.05) is 24.3 Å². The Bertz CT molecular complexity index is 2010. The monoisotopic (exact) mass is 586 g/mol. The van der Waals surface area contributed by atoms with Gasteiger partial charge in [0.05, 0.1) is 47.6 Å². The Kier molecular flexibility index (Phi) is 7.43. The summed E-state index contributed by atoms with van der Waals surface area (Å²) >= 11 is 0.949. The smallest absolute Gasteiger partial charge is 0.274 e. The Morgan fingerprint density at radius 3 is 2.43 bits per heavy atom. The molecule has 4 aromatic rings. The zero-order valence-electron chi connectivity index (χ0n) is 22.2. The van der Waals surface area contributed by atoms with Crippen LogP contribution < -0.4 is 35.3 Å². The second-order valence-electron chi connectivity index (χ2n) is 9.11. The fourth-order valence-corrected chi connectivity index (χ4v) is 5.84. The Hall–Kier alpha value is -5.54. The molecule has 212 valence electrons. The highest BCUT2D eigenvalue weighted by Gasteiger charge is 2.36. The molecule has 0 radical (unpaired) electrons. The first kappa shape index (κ1) is 28.0. The molecule has 0 saturated heterocycles. The Morgan fingerprint density at radius 2 is 1.76 bits per heavy atom. The van der Waals surface area contributed by atoms with Crippen molar-refractivity contribution in [3.8, 4) is 29.1 Å². The second kappa shape index (κ2) is 11.1. The minimum atomic E-state index is -1.10. The lowest BCUT2D eigenvalue weighted by molar-refractivity contribution is -0.111. The summed E-state index contributed by atoms with van der Waals surface area (Å²) in [5.41, 5.74) is 6.45. The zero-order valence-corrected chi connectivity index (χ0v) is 23.0. The lowest BCUT2D eigenvalue weighted by Crippen LogP contribution is -2.40. The summed E-state index contributed by atoms with van der Waals surface area (Å²) in [4.78, 5) is 27.6. The number of para-hydroxylation sites is 1. The topological polar surface area (TPSA) is 160 Å². The minimum Gasteiger partial charge on any atom is -0.504 e. The number of carbonyl (C=O) groups is 1. The van der Waals surface area contributed by atoms with Crippen molar-refractivity contribution >= 4 is 40.4 Å². The van der Waals surface area contributed by atoms with Crippen molar-refractivity contribution in [1.29, 1.82) is 5.26 Å². The number of nitrogens with two attached hydrogens (primary N) is 1. The molecule has 12 heteroatoms. The van der Waals surface area contributed by atoms with Crippen molar-refractivity contribution in [2.24, 2.45) is 5.73 Å². The number of halogens is 1. The van der Waals surface area contributed by atoms with E-state index in [0.717, 1.165) is 15.9 Å². The Morgan fingerprint density at radius 1 is 1.10 bits per heavy atom. The van der Waals surface area contributed by atoms with E-state index in [1.165, 1.54) is 68.8 Å². The third-order valence-corrected chi connectivity index (χ3v) is 7.78. The number of nitrogens with one attached hydrogen (secondary N) is 1. The number of rotatable bonds is 6. The van der Waals surface area contributed by atoms with E-state index < -0.39 is 23.2 Å². The number of phenolic OH excluding ortho intramolecular Hbond substituents is 2. The number of fused-ring (bicyclic) bond motifs is 1. The predicted molar refractivity (Wildman–Crippen MR) is 155 cm³/mol. The van der Waals surface area contributed by atoms with Gasteiger partial charge in [0.15, 0.2) is 23.0 Å². The molecule has 1 amide bonds. The van der Waals surface area contributed by atoms with Crippen LogP contribution >= 0.6 is 11.3 Å². The SMILES string of the molecule is COc1cc(/C=c2\sc3n(c2=O)C(N)=C(C#N)C(c2ccc(O)c(OC)c2)C=3C(=O)Nc2ccccc2F)ccc1O. The van der Waals surface area contributed by atoms with Gasteiger partial charge in [-0.05, 0) is 53.6 Å². The van der Waals surface area contributed by atoms with Crippen LogP contribution in [-0.4, -0.2) is 34.9 Å². The molecule has 42 heavy (non-hydrogen) atoms. The number of nitriles is 1. The molecule has 3 aromatic carbocycles. The van der Waals surface area contributed by atoms with Crippen LogP contribution in [0.4, 0.5) is 10.1 Å². The zero-order chi connectivity index (χ0) is 30.1. The van der Waals surface area contributed by atoms with Crippen molar-refractivity contribution < 1.29 is 28.9 Å². The number of benzene rings is 3. The lowest BCUT2D eigenvalue weighted by atomic mass is 9.83. The van der Waals surface area contributed by atoms with Crippen LogP contribution in [0.2, 0.25) is 0 Å². The molecular weight excluding hydrogens is 563 g/mol. The van der Waals surface area contributed by atoms with Crippen molar-refractivity contribution in [2.45, 2.75) is 5.92 Å². The Balaban J connectivity index is 1.83. The van der Waals surface area contributed by atoms with Crippen molar-refractivity contribution in [2.75, 3.05) is 19.5 Å². The van der Waals surface area contributed by atoms with Gasteiger partial charge < -0.3 is 30.7 Å². The maximum atomic E-state index is 14.5. The summed E-state index contributed by atoms with van der Waals surface area (Å²) in [5, 5.41) is 32.9. The van der Waals surface area contributed by atoms with Crippen LogP contribution in [0.25, 0.3) is 17.5 Å². The Labute approximate surface area is 241 Å². The maximum absolute atomic E-state index is 14.5. The highest BCUT2D eigenvalue weighted by Crippen LogP contribution is 2.40. The lowest BCUT2D eigenvalue weighted by Gasteiger charge is -2.25. The molecule has 1 unspecified atom stereocenters. The normalized spacial score (nSPS) is 14.8. The van der Waals surface area contributed by atoms with Gasteiger partial charge in [0, 0.05) is 0 Å². The van der Waals surface area contributed by atoms with Gasteiger partial charge >= 0.3 is 0 Å². The molecule has 1 aliphatic rings. The highest BCUT2D eigenvalue weighted by molar-refractivity contribution is 7.07. The standard InChI is InChI=1S/C30H23FN4O6S/c1-40-22-11-15(7-9-20(22)36)12-24-29(39)35-27(33)17(14-32)25(16-8-10-21(37)23(13-16)41-2)26(30(35)42-24)28(38)34-19-6-4-3-5-18(19)31/h3-13,25,36-37H,33H2,1-2H3,(H,34,38)/b24-12-. The number of amides is 1. The van der Waals surface area contributed by atoms with Crippen LogP contribution in [-0.2, 0) is 4.79 Å². The maximum Gasteiger partial charge on any atom is 0.274 e. The number of aromatic nitrogens is 1. The van der Waals surface area contributed by atoms with E-state index in [-0.39, 0.29) is 54.8 Å². The van der Waals surface area contributed by atoms with Gasteiger partial charge in [0.2, 0.25) is 0 Å². The van der Waals surface area contributed by atoms with Gasteiger partial charge in [-0.2, -0.15) is 5.26 Å². The third kappa shape index (κ3) is 4.82. The molecule has 2 heterocycles. The van der Waals surface area contributed by atoms with Gasteiger partial charge in [-0.3, -0.25) is 14.2 Å². The molecule has 5 rings (SSSR count). The number of allylic oxidation sites excluding steroid dienone is 1. The summed E-state index contributed by atoms with van der Waals surface area (Å²) in [6, 6.07) is 16.4. The molecule has 1 aromatic heterocycles. The number of hydrogen-bond donors (Lipinski definition) is 4. The van der Waals surface area contributed by atoms with E-state index in [2.05, 4.69) is 5.32 Å². The van der Waals surface area contributed by atoms with Gasteiger partial charge in [0.1, 0.15) is 16.3 Å². The summed E-state index contributed by atoms with van der Waals surface area (Å²) in [6.45, 7) is 0. The minimum absolute atomic E-state index is 0.0400. The van der Waals surface area contributed by atoms with Crippen LogP contribution in [0.5, 0.6) is 23.0 Å². The highest BCUT2D eigenvalue weighted by atomic mass is 32.1. The summed E-state index contributed by atoms with van der Waals surface area (Å²) < 4.78 is 26.3. The average Bonchev–Trinajstić information content (AvgIpc) is 3.30. The number of aromatic hydroxyl groups is 2. The van der Waals surface area contributed by atoms with Crippen LogP contribution in [0.15, 0.2) is 71.0 Å². The number of thiazole rings is 1. The number of carbonyl (C=O) groups excluding carboxylic acids is 1. The quantitative estimate of drug-likeness (QED) is 0.268. The first-order chi connectivity index (χ1) is 20.2. The molecule has 1 atom stereocenters. The largest absolute Gasteiger partial charge is 0.504 e. The number of ether oxygens (including phenoxy) is 2. The van der Waals surface area contributed by atoms with Crippen molar-refractivity contribution in [3.63, 3.8) is 0 Å². The second-order valence-corrected chi connectivity index (χ2v) is 10.1.